The molecule has 0 saturated carbocycles. The number of aliphatic carboxylic acids is 1. The van der Waals surface area contributed by atoms with Crippen molar-refractivity contribution in [3.63, 3.8) is 0 Å². The summed E-state index contributed by atoms with van der Waals surface area (Å²) in [6.07, 6.45) is 4.53. The lowest BCUT2D eigenvalue weighted by atomic mass is 9.86. The molecule has 128 valence electrons. The maximum Gasteiger partial charge on any atom is 0.375 e. The highest BCUT2D eigenvalue weighted by molar-refractivity contribution is 7.90. The van der Waals surface area contributed by atoms with Crippen LogP contribution in [-0.4, -0.2) is 23.4 Å². The second-order valence-corrected chi connectivity index (χ2v) is 13.5. The van der Waals surface area contributed by atoms with E-state index in [9.17, 15) is 9.90 Å². The Kier molecular flexibility index (Phi) is 5.94. The van der Waals surface area contributed by atoms with E-state index in [1.807, 2.05) is 0 Å². The zero-order chi connectivity index (χ0) is 17.3. The molecule has 1 aliphatic rings. The van der Waals surface area contributed by atoms with Gasteiger partial charge in [-0.3, -0.25) is 0 Å². The Labute approximate surface area is 138 Å². The van der Waals surface area contributed by atoms with Crippen LogP contribution in [0.2, 0.25) is 0 Å². The molecule has 0 fully saturated rings. The standard InChI is InChI=1S/C19H35O2P/c1-14(9-18(3,4)5)11-22(13-16(22)17(20)21)12-15(2)10-19(6,7)8/h13-15H,9-12H2,1-8H3/p+1. The zero-order valence-corrected chi connectivity index (χ0v) is 16.8. The smallest absolute Gasteiger partial charge is 0.375 e. The monoisotopic (exact) mass is 327 g/mol. The van der Waals surface area contributed by atoms with Crippen molar-refractivity contribution in [2.45, 2.75) is 68.2 Å². The molecular weight excluding hydrogens is 291 g/mol. The van der Waals surface area contributed by atoms with Gasteiger partial charge in [-0.1, -0.05) is 55.4 Å². The van der Waals surface area contributed by atoms with Crippen LogP contribution < -0.4 is 0 Å². The molecule has 0 bridgehead atoms. The maximum absolute atomic E-state index is 11.5. The van der Waals surface area contributed by atoms with E-state index in [0.717, 1.165) is 17.6 Å². The van der Waals surface area contributed by atoms with Crippen LogP contribution in [0.3, 0.4) is 0 Å². The Hall–Kier alpha value is -0.360. The van der Waals surface area contributed by atoms with Gasteiger partial charge in [0.15, 0.2) is 0 Å². The Morgan fingerprint density at radius 3 is 1.59 bits per heavy atom. The van der Waals surface area contributed by atoms with Crippen molar-refractivity contribution in [1.29, 1.82) is 0 Å². The van der Waals surface area contributed by atoms with Crippen LogP contribution in [0.5, 0.6) is 0 Å². The van der Waals surface area contributed by atoms with Crippen LogP contribution in [-0.2, 0) is 4.79 Å². The number of carboxylic acids is 1. The lowest BCUT2D eigenvalue weighted by molar-refractivity contribution is -0.131. The SMILES string of the molecule is CC(CC(C)(C)C)C[P+]1(CC(C)CC(C)(C)C)C=C1C(=O)O. The number of carbonyl (C=O) groups is 1. The minimum Gasteiger partial charge on any atom is -0.475 e. The minimum absolute atomic E-state index is 0.319. The van der Waals surface area contributed by atoms with E-state index >= 15 is 0 Å². The third-order valence-corrected chi connectivity index (χ3v) is 8.50. The van der Waals surface area contributed by atoms with E-state index in [0.29, 0.717) is 22.7 Å². The average molecular weight is 327 g/mol. The number of hydrogen-bond donors (Lipinski definition) is 1. The first-order chi connectivity index (χ1) is 9.74. The van der Waals surface area contributed by atoms with Crippen LogP contribution in [0, 0.1) is 22.7 Å². The summed E-state index contributed by atoms with van der Waals surface area (Å²) in [5.74, 6) is 2.67. The molecule has 1 N–H and O–H groups in total. The normalized spacial score (nSPS) is 24.6. The topological polar surface area (TPSA) is 37.3 Å². The van der Waals surface area contributed by atoms with E-state index in [1.165, 1.54) is 12.8 Å². The quantitative estimate of drug-likeness (QED) is 0.575. The summed E-state index contributed by atoms with van der Waals surface area (Å²) in [7, 11) is -1.45. The lowest BCUT2D eigenvalue weighted by Crippen LogP contribution is -2.18. The van der Waals surface area contributed by atoms with Gasteiger partial charge in [0.05, 0.1) is 19.6 Å². The fraction of sp³-hybridized carbons (Fsp3) is 0.842. The predicted octanol–water partition coefficient (Wildman–Crippen LogP) is 6.09. The number of carboxylic acid groups (broad SMARTS) is 1. The van der Waals surface area contributed by atoms with Gasteiger partial charge in [-0.25, -0.2) is 4.79 Å². The highest BCUT2D eigenvalue weighted by atomic mass is 31.2. The van der Waals surface area contributed by atoms with Gasteiger partial charge in [-0.15, -0.1) is 0 Å². The van der Waals surface area contributed by atoms with Crippen molar-refractivity contribution in [3.05, 3.63) is 11.1 Å². The van der Waals surface area contributed by atoms with Crippen LogP contribution in [0.1, 0.15) is 68.2 Å². The molecule has 2 nitrogen and oxygen atoms in total. The summed E-state index contributed by atoms with van der Waals surface area (Å²) in [5, 5.41) is 10.2. The third kappa shape index (κ3) is 6.41. The van der Waals surface area contributed by atoms with Crippen molar-refractivity contribution >= 4 is 13.2 Å². The molecule has 0 aromatic rings. The molecule has 2 atom stereocenters. The first kappa shape index (κ1) is 19.7. The number of rotatable bonds is 7. The Balaban J connectivity index is 2.71. The largest absolute Gasteiger partial charge is 0.475 e. The Morgan fingerprint density at radius 2 is 1.36 bits per heavy atom. The molecule has 22 heavy (non-hydrogen) atoms. The van der Waals surface area contributed by atoms with Gasteiger partial charge >= 0.3 is 5.97 Å². The van der Waals surface area contributed by atoms with Gasteiger partial charge in [0, 0.05) is 0 Å². The summed E-state index contributed by atoms with van der Waals surface area (Å²) in [5.41, 5.74) is 0.639. The van der Waals surface area contributed by atoms with Gasteiger partial charge in [0.25, 0.3) is 0 Å². The molecule has 0 spiro atoms. The molecule has 3 heteroatoms. The lowest BCUT2D eigenvalue weighted by Gasteiger charge is -2.27. The average Bonchev–Trinajstić information content (AvgIpc) is 2.84. The van der Waals surface area contributed by atoms with E-state index in [-0.39, 0.29) is 0 Å². The van der Waals surface area contributed by atoms with Gasteiger partial charge < -0.3 is 5.11 Å². The van der Waals surface area contributed by atoms with Gasteiger partial charge in [0.1, 0.15) is 5.82 Å². The molecule has 0 radical (unpaired) electrons. The molecule has 0 aliphatic carbocycles. The van der Waals surface area contributed by atoms with Crippen molar-refractivity contribution in [3.8, 4) is 0 Å². The van der Waals surface area contributed by atoms with Crippen LogP contribution in [0.15, 0.2) is 11.1 Å². The Morgan fingerprint density at radius 1 is 1.00 bits per heavy atom. The van der Waals surface area contributed by atoms with Crippen molar-refractivity contribution in [2.24, 2.45) is 22.7 Å². The minimum atomic E-state index is -1.45. The highest BCUT2D eigenvalue weighted by Gasteiger charge is 2.59. The van der Waals surface area contributed by atoms with E-state index in [2.05, 4.69) is 61.2 Å². The fourth-order valence-electron chi connectivity index (χ4n) is 4.16. The molecule has 0 aromatic heterocycles. The third-order valence-electron chi connectivity index (χ3n) is 4.20. The van der Waals surface area contributed by atoms with Gasteiger partial charge in [0.2, 0.25) is 5.31 Å². The summed E-state index contributed by atoms with van der Waals surface area (Å²) in [6.45, 7) is 18.2. The number of hydrogen-bond acceptors (Lipinski definition) is 1. The second kappa shape index (κ2) is 6.63. The summed E-state index contributed by atoms with van der Waals surface area (Å²) in [6, 6.07) is 0. The molecule has 1 aliphatic heterocycles. The molecule has 0 aromatic carbocycles. The van der Waals surface area contributed by atoms with E-state index in [1.54, 1.807) is 0 Å². The molecule has 0 saturated heterocycles. The predicted molar refractivity (Wildman–Crippen MR) is 98.8 cm³/mol. The Bertz CT molecular complexity index is 413. The van der Waals surface area contributed by atoms with Gasteiger partial charge in [-0.05, 0) is 35.5 Å². The summed E-state index contributed by atoms with van der Waals surface area (Å²) >= 11 is 0. The first-order valence-electron chi connectivity index (χ1n) is 8.58. The van der Waals surface area contributed by atoms with Crippen molar-refractivity contribution in [2.75, 3.05) is 12.3 Å². The molecular formula is C19H36O2P+. The van der Waals surface area contributed by atoms with Crippen LogP contribution >= 0.6 is 7.26 Å². The van der Waals surface area contributed by atoms with Gasteiger partial charge in [-0.2, -0.15) is 0 Å². The second-order valence-electron chi connectivity index (χ2n) is 9.96. The van der Waals surface area contributed by atoms with Crippen LogP contribution in [0.25, 0.3) is 0 Å². The zero-order valence-electron chi connectivity index (χ0n) is 15.9. The summed E-state index contributed by atoms with van der Waals surface area (Å²) in [4.78, 5) is 11.5. The first-order valence-corrected chi connectivity index (χ1v) is 10.8. The van der Waals surface area contributed by atoms with Crippen molar-refractivity contribution < 1.29 is 9.90 Å². The van der Waals surface area contributed by atoms with Crippen LogP contribution in [0.4, 0.5) is 0 Å². The highest BCUT2D eigenvalue weighted by Crippen LogP contribution is 2.81. The molecule has 2 unspecified atom stereocenters. The van der Waals surface area contributed by atoms with E-state index in [4.69, 9.17) is 0 Å². The molecule has 1 rings (SSSR count). The van der Waals surface area contributed by atoms with E-state index < -0.39 is 13.2 Å². The molecule has 0 amide bonds. The maximum atomic E-state index is 11.5. The fourth-order valence-corrected chi connectivity index (χ4v) is 8.79. The van der Waals surface area contributed by atoms with Crippen molar-refractivity contribution in [1.82, 2.24) is 0 Å². The summed E-state index contributed by atoms with van der Waals surface area (Å²) < 4.78 is 0. The molecule has 1 heterocycles.